The second-order valence-corrected chi connectivity index (χ2v) is 6.21. The van der Waals surface area contributed by atoms with Crippen molar-refractivity contribution in [1.29, 1.82) is 0 Å². The maximum absolute atomic E-state index is 12.2. The summed E-state index contributed by atoms with van der Waals surface area (Å²) in [5.41, 5.74) is 0.945. The molecule has 27 heavy (non-hydrogen) atoms. The highest BCUT2D eigenvalue weighted by Crippen LogP contribution is 2.21. The van der Waals surface area contributed by atoms with Gasteiger partial charge in [-0.15, -0.1) is 0 Å². The number of aromatic nitrogens is 1. The third-order valence-electron chi connectivity index (χ3n) is 4.22. The Hall–Kier alpha value is -3.06. The molecule has 2 aromatic heterocycles. The molecular weight excluding hydrogens is 350 g/mol. The number of carbonyl (C=O) groups excluding carboxylic acids is 1. The fraction of sp³-hybridized carbons (Fsp3) is 0.300. The molecule has 140 valence electrons. The molecule has 4 rings (SSSR count). The Bertz CT molecular complexity index is 862. The zero-order valence-electron chi connectivity index (χ0n) is 14.6. The molecular formula is C20H19NO6. The number of hydrogen-bond donors (Lipinski definition) is 0. The van der Waals surface area contributed by atoms with E-state index >= 15 is 0 Å². The molecule has 7 nitrogen and oxygen atoms in total. The summed E-state index contributed by atoms with van der Waals surface area (Å²) in [5, 5.41) is 3.87. The summed E-state index contributed by atoms with van der Waals surface area (Å²) in [4.78, 5) is 12.2. The Labute approximate surface area is 155 Å². The van der Waals surface area contributed by atoms with Gasteiger partial charge in [-0.1, -0.05) is 5.16 Å². The number of nitrogens with zero attached hydrogens (tertiary/aromatic N) is 1. The SMILES string of the molecule is O=C(OCc1cc(-c2ccco2)on1)c1ccc(OCC2CCCO2)cc1. The van der Waals surface area contributed by atoms with Crippen molar-refractivity contribution in [3.8, 4) is 17.3 Å². The quantitative estimate of drug-likeness (QED) is 0.585. The summed E-state index contributed by atoms with van der Waals surface area (Å²) in [5.74, 6) is 1.31. The molecule has 0 bridgehead atoms. The number of carbonyl (C=O) groups is 1. The summed E-state index contributed by atoms with van der Waals surface area (Å²) in [6.45, 7) is 1.33. The number of ether oxygens (including phenoxy) is 3. The fourth-order valence-electron chi connectivity index (χ4n) is 2.79. The zero-order chi connectivity index (χ0) is 18.5. The molecule has 0 aliphatic carbocycles. The fourth-order valence-corrected chi connectivity index (χ4v) is 2.79. The Morgan fingerprint density at radius 3 is 2.81 bits per heavy atom. The number of benzene rings is 1. The smallest absolute Gasteiger partial charge is 0.338 e. The molecule has 1 aromatic carbocycles. The summed E-state index contributed by atoms with van der Waals surface area (Å²) in [6.07, 6.45) is 3.80. The number of esters is 1. The van der Waals surface area contributed by atoms with Crippen molar-refractivity contribution in [2.24, 2.45) is 0 Å². The van der Waals surface area contributed by atoms with E-state index in [1.807, 2.05) is 0 Å². The van der Waals surface area contributed by atoms with Crippen molar-refractivity contribution in [3.63, 3.8) is 0 Å². The predicted octanol–water partition coefficient (Wildman–Crippen LogP) is 3.85. The van der Waals surface area contributed by atoms with E-state index < -0.39 is 5.97 Å². The van der Waals surface area contributed by atoms with E-state index in [-0.39, 0.29) is 12.7 Å². The Morgan fingerprint density at radius 1 is 1.19 bits per heavy atom. The Balaban J connectivity index is 1.28. The lowest BCUT2D eigenvalue weighted by molar-refractivity contribution is 0.0464. The van der Waals surface area contributed by atoms with Crippen LogP contribution in [0.25, 0.3) is 11.5 Å². The van der Waals surface area contributed by atoms with Gasteiger partial charge in [0.05, 0.1) is 17.9 Å². The van der Waals surface area contributed by atoms with Crippen molar-refractivity contribution in [1.82, 2.24) is 5.16 Å². The van der Waals surface area contributed by atoms with E-state index in [1.54, 1.807) is 48.7 Å². The molecule has 1 unspecified atom stereocenters. The van der Waals surface area contributed by atoms with E-state index in [9.17, 15) is 4.79 Å². The van der Waals surface area contributed by atoms with Gasteiger partial charge in [0.1, 0.15) is 24.7 Å². The van der Waals surface area contributed by atoms with E-state index in [0.29, 0.717) is 35.1 Å². The van der Waals surface area contributed by atoms with Crippen LogP contribution in [0.2, 0.25) is 0 Å². The van der Waals surface area contributed by atoms with E-state index in [1.165, 1.54) is 0 Å². The van der Waals surface area contributed by atoms with E-state index in [4.69, 9.17) is 23.2 Å². The van der Waals surface area contributed by atoms with Crippen LogP contribution in [-0.2, 0) is 16.1 Å². The summed E-state index contributed by atoms with van der Waals surface area (Å²) >= 11 is 0. The molecule has 7 heteroatoms. The second kappa shape index (κ2) is 8.09. The predicted molar refractivity (Wildman–Crippen MR) is 94.2 cm³/mol. The van der Waals surface area contributed by atoms with Crippen LogP contribution in [0, 0.1) is 0 Å². The largest absolute Gasteiger partial charge is 0.491 e. The average molecular weight is 369 g/mol. The highest BCUT2D eigenvalue weighted by Gasteiger charge is 2.16. The van der Waals surface area contributed by atoms with Gasteiger partial charge in [0.15, 0.2) is 5.76 Å². The maximum atomic E-state index is 12.2. The third-order valence-corrected chi connectivity index (χ3v) is 4.22. The van der Waals surface area contributed by atoms with Crippen LogP contribution in [0.5, 0.6) is 5.75 Å². The molecule has 1 fully saturated rings. The minimum atomic E-state index is -0.441. The molecule has 1 aliphatic rings. The highest BCUT2D eigenvalue weighted by atomic mass is 16.5. The summed E-state index contributed by atoms with van der Waals surface area (Å²) in [6, 6.07) is 12.0. The van der Waals surface area contributed by atoms with Crippen LogP contribution in [0.3, 0.4) is 0 Å². The standard InChI is InChI=1S/C20H19NO6/c22-20(26-12-15-11-19(27-21-15)18-4-2-10-24-18)14-5-7-16(8-6-14)25-13-17-3-1-9-23-17/h2,4-8,10-11,17H,1,3,9,12-13H2. The van der Waals surface area contributed by atoms with Gasteiger partial charge in [-0.25, -0.2) is 4.79 Å². The molecule has 0 radical (unpaired) electrons. The van der Waals surface area contributed by atoms with Crippen molar-refractivity contribution < 1.29 is 27.9 Å². The van der Waals surface area contributed by atoms with Gasteiger partial charge in [0.2, 0.25) is 5.76 Å². The Morgan fingerprint density at radius 2 is 2.07 bits per heavy atom. The third kappa shape index (κ3) is 4.38. The van der Waals surface area contributed by atoms with Crippen molar-refractivity contribution in [2.75, 3.05) is 13.2 Å². The molecule has 0 N–H and O–H groups in total. The average Bonchev–Trinajstić information content (AvgIpc) is 3.47. The molecule has 0 amide bonds. The molecule has 0 spiro atoms. The van der Waals surface area contributed by atoms with E-state index in [0.717, 1.165) is 19.4 Å². The van der Waals surface area contributed by atoms with Crippen LogP contribution in [0.1, 0.15) is 28.9 Å². The van der Waals surface area contributed by atoms with Gasteiger partial charge >= 0.3 is 5.97 Å². The summed E-state index contributed by atoms with van der Waals surface area (Å²) < 4.78 is 26.9. The van der Waals surface area contributed by atoms with Gasteiger partial charge < -0.3 is 23.2 Å². The molecule has 3 heterocycles. The van der Waals surface area contributed by atoms with Crippen LogP contribution in [0.4, 0.5) is 0 Å². The number of furan rings is 1. The van der Waals surface area contributed by atoms with E-state index in [2.05, 4.69) is 5.16 Å². The van der Waals surface area contributed by atoms with Crippen molar-refractivity contribution >= 4 is 5.97 Å². The van der Waals surface area contributed by atoms with Gasteiger partial charge in [-0.05, 0) is 49.2 Å². The van der Waals surface area contributed by atoms with Gasteiger partial charge in [0.25, 0.3) is 0 Å². The second-order valence-electron chi connectivity index (χ2n) is 6.21. The van der Waals surface area contributed by atoms with Crippen LogP contribution in [-0.4, -0.2) is 30.4 Å². The van der Waals surface area contributed by atoms with Crippen molar-refractivity contribution in [3.05, 3.63) is 60.0 Å². The van der Waals surface area contributed by atoms with Crippen LogP contribution >= 0.6 is 0 Å². The number of rotatable bonds is 7. The van der Waals surface area contributed by atoms with Gasteiger partial charge in [0, 0.05) is 12.7 Å². The van der Waals surface area contributed by atoms with Crippen LogP contribution in [0.15, 0.2) is 57.7 Å². The Kier molecular flexibility index (Phi) is 5.20. The highest BCUT2D eigenvalue weighted by molar-refractivity contribution is 5.89. The lowest BCUT2D eigenvalue weighted by atomic mass is 10.2. The van der Waals surface area contributed by atoms with Gasteiger partial charge in [-0.3, -0.25) is 0 Å². The lowest BCUT2D eigenvalue weighted by Gasteiger charge is -2.11. The topological polar surface area (TPSA) is 83.9 Å². The minimum absolute atomic E-state index is 0.0142. The maximum Gasteiger partial charge on any atom is 0.338 e. The molecule has 3 aromatic rings. The molecule has 1 atom stereocenters. The molecule has 1 saturated heterocycles. The van der Waals surface area contributed by atoms with Gasteiger partial charge in [-0.2, -0.15) is 0 Å². The first-order valence-electron chi connectivity index (χ1n) is 8.79. The first-order valence-corrected chi connectivity index (χ1v) is 8.79. The first kappa shape index (κ1) is 17.4. The molecule has 0 saturated carbocycles. The molecule has 1 aliphatic heterocycles. The summed E-state index contributed by atoms with van der Waals surface area (Å²) in [7, 11) is 0. The monoisotopic (exact) mass is 369 g/mol. The normalized spacial score (nSPS) is 16.4. The first-order chi connectivity index (χ1) is 13.3. The lowest BCUT2D eigenvalue weighted by Crippen LogP contribution is -2.16. The number of hydrogen-bond acceptors (Lipinski definition) is 7. The minimum Gasteiger partial charge on any atom is -0.491 e. The van der Waals surface area contributed by atoms with Crippen molar-refractivity contribution in [2.45, 2.75) is 25.6 Å². The zero-order valence-corrected chi connectivity index (χ0v) is 14.6. The van der Waals surface area contributed by atoms with Crippen LogP contribution < -0.4 is 4.74 Å².